The van der Waals surface area contributed by atoms with Gasteiger partial charge < -0.3 is 14.2 Å². The molecular formula is C61H118O6. The molecule has 0 aromatic carbocycles. The topological polar surface area (TPSA) is 78.9 Å². The Labute approximate surface area is 418 Å². The fraction of sp³-hybridized carbons (Fsp3) is 0.951. The number of rotatable bonds is 55. The summed E-state index contributed by atoms with van der Waals surface area (Å²) in [6.45, 7) is 11.4. The number of ether oxygens (including phenoxy) is 3. The second-order valence-electron chi connectivity index (χ2n) is 21.9. The first-order valence-electron chi connectivity index (χ1n) is 30.2. The van der Waals surface area contributed by atoms with E-state index < -0.39 is 6.10 Å². The van der Waals surface area contributed by atoms with Crippen molar-refractivity contribution in [3.63, 3.8) is 0 Å². The molecule has 6 nitrogen and oxygen atoms in total. The van der Waals surface area contributed by atoms with E-state index in [1.165, 1.54) is 231 Å². The van der Waals surface area contributed by atoms with Crippen LogP contribution in [-0.4, -0.2) is 37.2 Å². The van der Waals surface area contributed by atoms with Crippen LogP contribution in [0.2, 0.25) is 0 Å². The molecule has 0 unspecified atom stereocenters. The van der Waals surface area contributed by atoms with E-state index in [1.807, 2.05) is 0 Å². The Kier molecular flexibility index (Phi) is 52.5. The Morgan fingerprint density at radius 1 is 0.284 bits per heavy atom. The number of carbonyl (C=O) groups is 3. The van der Waals surface area contributed by atoms with Crippen LogP contribution in [0.1, 0.15) is 343 Å². The third kappa shape index (κ3) is 55.2. The third-order valence-corrected chi connectivity index (χ3v) is 14.0. The highest BCUT2D eigenvalue weighted by molar-refractivity contribution is 5.71. The minimum Gasteiger partial charge on any atom is -0.462 e. The molecule has 0 saturated carbocycles. The molecular weight excluding hydrogens is 829 g/mol. The molecule has 67 heavy (non-hydrogen) atoms. The molecule has 0 aliphatic carbocycles. The molecule has 0 heterocycles. The molecule has 0 spiro atoms. The Hall–Kier alpha value is -1.59. The van der Waals surface area contributed by atoms with E-state index in [9.17, 15) is 14.4 Å². The van der Waals surface area contributed by atoms with Crippen molar-refractivity contribution in [1.82, 2.24) is 0 Å². The molecule has 0 aliphatic rings. The van der Waals surface area contributed by atoms with Crippen molar-refractivity contribution in [2.75, 3.05) is 13.2 Å². The van der Waals surface area contributed by atoms with Gasteiger partial charge in [-0.2, -0.15) is 0 Å². The van der Waals surface area contributed by atoms with Gasteiger partial charge in [-0.15, -0.1) is 0 Å². The van der Waals surface area contributed by atoms with Crippen LogP contribution in [0.4, 0.5) is 0 Å². The highest BCUT2D eigenvalue weighted by atomic mass is 16.6. The van der Waals surface area contributed by atoms with E-state index in [0.29, 0.717) is 19.3 Å². The molecule has 1 atom stereocenters. The smallest absolute Gasteiger partial charge is 0.306 e. The van der Waals surface area contributed by atoms with Gasteiger partial charge in [0.15, 0.2) is 6.10 Å². The van der Waals surface area contributed by atoms with Crippen molar-refractivity contribution in [2.24, 2.45) is 11.8 Å². The van der Waals surface area contributed by atoms with Crippen molar-refractivity contribution in [3.8, 4) is 0 Å². The molecule has 0 radical (unpaired) electrons. The largest absolute Gasteiger partial charge is 0.462 e. The normalized spacial score (nSPS) is 12.0. The summed E-state index contributed by atoms with van der Waals surface area (Å²) in [6.07, 6.45) is 58.1. The van der Waals surface area contributed by atoms with Gasteiger partial charge in [0.2, 0.25) is 0 Å². The SMILES string of the molecule is CCCCCCCCCCCCCCCCCCC(=O)O[C@@H](COC(=O)CCCCCCCCCCCCCCCCC(C)C)COC(=O)CCCCCCCCCCCCCCCC(C)C. The van der Waals surface area contributed by atoms with Crippen LogP contribution in [0.25, 0.3) is 0 Å². The maximum absolute atomic E-state index is 12.9. The zero-order chi connectivity index (χ0) is 48.9. The maximum Gasteiger partial charge on any atom is 0.306 e. The molecule has 0 aromatic heterocycles. The number of hydrogen-bond donors (Lipinski definition) is 0. The van der Waals surface area contributed by atoms with Gasteiger partial charge in [0.05, 0.1) is 0 Å². The van der Waals surface area contributed by atoms with Crippen molar-refractivity contribution < 1.29 is 28.6 Å². The van der Waals surface area contributed by atoms with E-state index >= 15 is 0 Å². The third-order valence-electron chi connectivity index (χ3n) is 14.0. The van der Waals surface area contributed by atoms with E-state index in [-0.39, 0.29) is 31.1 Å². The summed E-state index contributed by atoms with van der Waals surface area (Å²) in [5.41, 5.74) is 0. The number of hydrogen-bond acceptors (Lipinski definition) is 6. The van der Waals surface area contributed by atoms with E-state index in [0.717, 1.165) is 69.6 Å². The van der Waals surface area contributed by atoms with Crippen molar-refractivity contribution in [3.05, 3.63) is 0 Å². The van der Waals surface area contributed by atoms with Crippen LogP contribution >= 0.6 is 0 Å². The Morgan fingerprint density at radius 2 is 0.493 bits per heavy atom. The monoisotopic (exact) mass is 947 g/mol. The van der Waals surface area contributed by atoms with E-state index in [4.69, 9.17) is 14.2 Å². The van der Waals surface area contributed by atoms with Gasteiger partial charge in [0, 0.05) is 19.3 Å². The highest BCUT2D eigenvalue weighted by Gasteiger charge is 2.19. The maximum atomic E-state index is 12.9. The quantitative estimate of drug-likeness (QED) is 0.0343. The standard InChI is InChI=1S/C61H118O6/c1-6-7-8-9-10-11-12-13-14-15-22-28-33-38-43-48-53-61(64)67-58(55-66-60(63)52-47-42-37-32-27-23-18-20-25-30-35-40-45-50-57(4)5)54-65-59(62)51-46-41-36-31-26-21-17-16-19-24-29-34-39-44-49-56(2)3/h56-58H,6-55H2,1-5H3/t58-/m0/s1. The Morgan fingerprint density at radius 3 is 0.731 bits per heavy atom. The predicted molar refractivity (Wildman–Crippen MR) is 289 cm³/mol. The lowest BCUT2D eigenvalue weighted by molar-refractivity contribution is -0.167. The van der Waals surface area contributed by atoms with Crippen molar-refractivity contribution in [1.29, 1.82) is 0 Å². The molecule has 0 bridgehead atoms. The number of unbranched alkanes of at least 4 members (excludes halogenated alkanes) is 40. The summed E-state index contributed by atoms with van der Waals surface area (Å²) < 4.78 is 16.9. The van der Waals surface area contributed by atoms with Gasteiger partial charge in [0.1, 0.15) is 13.2 Å². The minimum absolute atomic E-state index is 0.0623. The van der Waals surface area contributed by atoms with Gasteiger partial charge in [-0.05, 0) is 31.1 Å². The lowest BCUT2D eigenvalue weighted by Gasteiger charge is -2.18. The van der Waals surface area contributed by atoms with Crippen LogP contribution in [0.3, 0.4) is 0 Å². The molecule has 6 heteroatoms. The average molecular weight is 948 g/mol. The zero-order valence-corrected chi connectivity index (χ0v) is 46.0. The van der Waals surface area contributed by atoms with Gasteiger partial charge in [-0.25, -0.2) is 0 Å². The second kappa shape index (κ2) is 53.8. The molecule has 0 N–H and O–H groups in total. The summed E-state index contributed by atoms with van der Waals surface area (Å²) in [6, 6.07) is 0. The second-order valence-corrected chi connectivity index (χ2v) is 21.9. The molecule has 0 aliphatic heterocycles. The fourth-order valence-corrected chi connectivity index (χ4v) is 9.40. The first-order chi connectivity index (χ1) is 32.7. The first-order valence-corrected chi connectivity index (χ1v) is 30.2. The molecule has 0 rings (SSSR count). The fourth-order valence-electron chi connectivity index (χ4n) is 9.40. The van der Waals surface area contributed by atoms with E-state index in [1.54, 1.807) is 0 Å². The van der Waals surface area contributed by atoms with Crippen LogP contribution in [0, 0.1) is 11.8 Å². The van der Waals surface area contributed by atoms with Gasteiger partial charge in [-0.1, -0.05) is 304 Å². The Balaban J connectivity index is 4.30. The van der Waals surface area contributed by atoms with Crippen molar-refractivity contribution in [2.45, 2.75) is 349 Å². The first kappa shape index (κ1) is 65.4. The summed E-state index contributed by atoms with van der Waals surface area (Å²) >= 11 is 0. The summed E-state index contributed by atoms with van der Waals surface area (Å²) in [5, 5.41) is 0. The predicted octanol–water partition coefficient (Wildman–Crippen LogP) is 20.0. The molecule has 0 aromatic rings. The summed E-state index contributed by atoms with van der Waals surface area (Å²) in [5.74, 6) is 0.850. The lowest BCUT2D eigenvalue weighted by atomic mass is 10.0. The van der Waals surface area contributed by atoms with Gasteiger partial charge in [-0.3, -0.25) is 14.4 Å². The van der Waals surface area contributed by atoms with Crippen LogP contribution in [-0.2, 0) is 28.6 Å². The molecule has 398 valence electrons. The van der Waals surface area contributed by atoms with Crippen LogP contribution < -0.4 is 0 Å². The summed E-state index contributed by atoms with van der Waals surface area (Å²) in [7, 11) is 0. The zero-order valence-electron chi connectivity index (χ0n) is 46.0. The molecule has 0 fully saturated rings. The average Bonchev–Trinajstić information content (AvgIpc) is 3.30. The van der Waals surface area contributed by atoms with E-state index in [2.05, 4.69) is 34.6 Å². The minimum atomic E-state index is -0.763. The summed E-state index contributed by atoms with van der Waals surface area (Å²) in [4.78, 5) is 38.2. The van der Waals surface area contributed by atoms with Crippen LogP contribution in [0.15, 0.2) is 0 Å². The lowest BCUT2D eigenvalue weighted by Crippen LogP contribution is -2.30. The Bertz CT molecular complexity index is 1020. The number of carbonyl (C=O) groups excluding carboxylic acids is 3. The molecule has 0 amide bonds. The van der Waals surface area contributed by atoms with Crippen molar-refractivity contribution >= 4 is 17.9 Å². The van der Waals surface area contributed by atoms with Crippen LogP contribution in [0.5, 0.6) is 0 Å². The highest BCUT2D eigenvalue weighted by Crippen LogP contribution is 2.18. The molecule has 0 saturated heterocycles. The van der Waals surface area contributed by atoms with Gasteiger partial charge >= 0.3 is 17.9 Å². The number of esters is 3. The van der Waals surface area contributed by atoms with Gasteiger partial charge in [0.25, 0.3) is 0 Å².